The maximum Gasteiger partial charge on any atom is 0.326 e. The van der Waals surface area contributed by atoms with Gasteiger partial charge >= 0.3 is 5.97 Å². The number of hydrogen-bond acceptors (Lipinski definition) is 4. The zero-order chi connectivity index (χ0) is 16.7. The van der Waals surface area contributed by atoms with E-state index in [0.717, 1.165) is 33.0 Å². The van der Waals surface area contributed by atoms with Gasteiger partial charge in [0.25, 0.3) is 0 Å². The number of esters is 1. The van der Waals surface area contributed by atoms with Crippen LogP contribution in [-0.4, -0.2) is 27.1 Å². The van der Waals surface area contributed by atoms with Crippen molar-refractivity contribution in [1.82, 2.24) is 14.5 Å². The number of carbonyl (C=O) groups is 1. The first-order valence-electron chi connectivity index (χ1n) is 7.98. The maximum atomic E-state index is 12.0. The summed E-state index contributed by atoms with van der Waals surface area (Å²) in [5.74, 6) is -0.271. The van der Waals surface area contributed by atoms with Crippen molar-refractivity contribution in [3.05, 3.63) is 48.0 Å². The first-order valence-corrected chi connectivity index (χ1v) is 7.98. The number of aryl methyl sites for hydroxylation is 1. The second-order valence-corrected chi connectivity index (χ2v) is 5.80. The number of ether oxygens (including phenoxy) is 1. The van der Waals surface area contributed by atoms with E-state index < -0.39 is 0 Å². The number of carbonyl (C=O) groups excluding carboxylic acids is 1. The molecule has 0 radical (unpaired) electrons. The molecule has 0 spiro atoms. The minimum absolute atomic E-state index is 0.129. The smallest absolute Gasteiger partial charge is 0.326 e. The van der Waals surface area contributed by atoms with E-state index >= 15 is 0 Å². The molecule has 0 fully saturated rings. The molecule has 0 bridgehead atoms. The van der Waals surface area contributed by atoms with Crippen LogP contribution in [0.25, 0.3) is 33.1 Å². The summed E-state index contributed by atoms with van der Waals surface area (Å²) >= 11 is 0. The minimum Gasteiger partial charge on any atom is -0.465 e. The first-order chi connectivity index (χ1) is 11.7. The number of aromatic nitrogens is 3. The van der Waals surface area contributed by atoms with Crippen molar-refractivity contribution in [3.8, 4) is 0 Å². The molecule has 2 aromatic carbocycles. The largest absolute Gasteiger partial charge is 0.465 e. The van der Waals surface area contributed by atoms with Crippen LogP contribution in [0.3, 0.4) is 0 Å². The molecule has 0 aliphatic rings. The molecule has 4 rings (SSSR count). The maximum absolute atomic E-state index is 12.0. The van der Waals surface area contributed by atoms with Crippen molar-refractivity contribution in [3.63, 3.8) is 0 Å². The van der Waals surface area contributed by atoms with Gasteiger partial charge in [-0.15, -0.1) is 0 Å². The van der Waals surface area contributed by atoms with Gasteiger partial charge in [0.15, 0.2) is 5.65 Å². The Kier molecular flexibility index (Phi) is 3.41. The van der Waals surface area contributed by atoms with Crippen LogP contribution in [0.15, 0.2) is 42.5 Å². The van der Waals surface area contributed by atoms with Crippen LogP contribution < -0.4 is 0 Å². The molecule has 0 aliphatic heterocycles. The van der Waals surface area contributed by atoms with Gasteiger partial charge in [-0.05, 0) is 38.1 Å². The summed E-state index contributed by atoms with van der Waals surface area (Å²) in [4.78, 5) is 21.6. The van der Waals surface area contributed by atoms with E-state index in [9.17, 15) is 4.79 Å². The summed E-state index contributed by atoms with van der Waals surface area (Å²) in [5.41, 5.74) is 5.28. The summed E-state index contributed by atoms with van der Waals surface area (Å²) in [5, 5.41) is 1.01. The van der Waals surface area contributed by atoms with E-state index in [4.69, 9.17) is 14.7 Å². The van der Waals surface area contributed by atoms with E-state index in [1.54, 1.807) is 6.92 Å². The predicted octanol–water partition coefficient (Wildman–Crippen LogP) is 3.61. The van der Waals surface area contributed by atoms with Crippen molar-refractivity contribution in [2.24, 2.45) is 0 Å². The van der Waals surface area contributed by atoms with Crippen molar-refractivity contribution in [1.29, 1.82) is 0 Å². The molecule has 120 valence electrons. The Balaban J connectivity index is 2.06. The fraction of sp³-hybridized carbons (Fsp3) is 0.211. The quantitative estimate of drug-likeness (QED) is 0.541. The predicted molar refractivity (Wildman–Crippen MR) is 93.9 cm³/mol. The van der Waals surface area contributed by atoms with Crippen LogP contribution >= 0.6 is 0 Å². The van der Waals surface area contributed by atoms with Crippen LogP contribution in [0.2, 0.25) is 0 Å². The average Bonchev–Trinajstić information content (AvgIpc) is 2.86. The molecule has 0 atom stereocenters. The van der Waals surface area contributed by atoms with Gasteiger partial charge in [0, 0.05) is 5.39 Å². The Bertz CT molecular complexity index is 1080. The molecule has 2 heterocycles. The summed E-state index contributed by atoms with van der Waals surface area (Å²) in [7, 11) is 0. The highest BCUT2D eigenvalue weighted by Gasteiger charge is 2.17. The second kappa shape index (κ2) is 5.60. The number of hydrogen-bond donors (Lipinski definition) is 0. The van der Waals surface area contributed by atoms with Crippen LogP contribution in [-0.2, 0) is 16.1 Å². The third-order valence-electron chi connectivity index (χ3n) is 4.10. The minimum atomic E-state index is -0.271. The molecule has 0 aliphatic carbocycles. The molecule has 4 aromatic rings. The lowest BCUT2D eigenvalue weighted by atomic mass is 10.1. The molecule has 24 heavy (non-hydrogen) atoms. The molecule has 0 unspecified atom stereocenters. The molecule has 0 saturated heterocycles. The molecule has 5 heteroatoms. The SMILES string of the molecule is CCOC(=O)Cn1c2ccc(C)cc2c2nc3ccccc3nc21. The third kappa shape index (κ3) is 2.29. The summed E-state index contributed by atoms with van der Waals surface area (Å²) in [6.45, 7) is 4.34. The monoisotopic (exact) mass is 319 g/mol. The fourth-order valence-corrected chi connectivity index (χ4v) is 3.04. The summed E-state index contributed by atoms with van der Waals surface area (Å²) < 4.78 is 7.01. The summed E-state index contributed by atoms with van der Waals surface area (Å²) in [6, 6.07) is 13.9. The van der Waals surface area contributed by atoms with E-state index in [1.807, 2.05) is 47.9 Å². The molecule has 2 aromatic heterocycles. The highest BCUT2D eigenvalue weighted by Crippen LogP contribution is 2.29. The van der Waals surface area contributed by atoms with Crippen LogP contribution in [0.4, 0.5) is 0 Å². The number of nitrogens with zero attached hydrogens (tertiary/aromatic N) is 3. The second-order valence-electron chi connectivity index (χ2n) is 5.80. The Morgan fingerprint density at radius 1 is 1.12 bits per heavy atom. The van der Waals surface area contributed by atoms with Crippen molar-refractivity contribution in [2.75, 3.05) is 6.61 Å². The fourth-order valence-electron chi connectivity index (χ4n) is 3.04. The molecular weight excluding hydrogens is 302 g/mol. The van der Waals surface area contributed by atoms with Crippen molar-refractivity contribution < 1.29 is 9.53 Å². The van der Waals surface area contributed by atoms with Gasteiger partial charge in [-0.25, -0.2) is 9.97 Å². The van der Waals surface area contributed by atoms with Gasteiger partial charge in [0.05, 0.1) is 23.2 Å². The zero-order valence-corrected chi connectivity index (χ0v) is 13.6. The normalized spacial score (nSPS) is 11.4. The van der Waals surface area contributed by atoms with Gasteiger partial charge < -0.3 is 9.30 Å². The van der Waals surface area contributed by atoms with Crippen molar-refractivity contribution in [2.45, 2.75) is 20.4 Å². The van der Waals surface area contributed by atoms with E-state index in [0.29, 0.717) is 12.3 Å². The number of benzene rings is 2. The van der Waals surface area contributed by atoms with Gasteiger partial charge in [-0.2, -0.15) is 0 Å². The summed E-state index contributed by atoms with van der Waals surface area (Å²) in [6.07, 6.45) is 0. The highest BCUT2D eigenvalue weighted by molar-refractivity contribution is 6.07. The molecule has 0 saturated carbocycles. The van der Waals surface area contributed by atoms with Gasteiger partial charge in [-0.1, -0.05) is 23.8 Å². The first kappa shape index (κ1) is 14.6. The lowest BCUT2D eigenvalue weighted by molar-refractivity contribution is -0.143. The molecule has 0 amide bonds. The highest BCUT2D eigenvalue weighted by atomic mass is 16.5. The van der Waals surface area contributed by atoms with Crippen molar-refractivity contribution >= 4 is 39.1 Å². The van der Waals surface area contributed by atoms with Crippen LogP contribution in [0, 0.1) is 6.92 Å². The van der Waals surface area contributed by atoms with Crippen LogP contribution in [0.5, 0.6) is 0 Å². The Morgan fingerprint density at radius 2 is 1.88 bits per heavy atom. The topological polar surface area (TPSA) is 57.0 Å². The Hall–Kier alpha value is -2.95. The molecule has 0 N–H and O–H groups in total. The third-order valence-corrected chi connectivity index (χ3v) is 4.10. The number of fused-ring (bicyclic) bond motifs is 4. The number of para-hydroxylation sites is 2. The molecular formula is C19H17N3O2. The van der Waals surface area contributed by atoms with Gasteiger partial charge in [0.1, 0.15) is 12.1 Å². The van der Waals surface area contributed by atoms with E-state index in [2.05, 4.69) is 6.07 Å². The lowest BCUT2D eigenvalue weighted by Gasteiger charge is -2.06. The van der Waals surface area contributed by atoms with Crippen LogP contribution in [0.1, 0.15) is 12.5 Å². The standard InChI is InChI=1S/C19H17N3O2/c1-3-24-17(23)11-22-16-9-8-12(2)10-13(16)18-19(22)21-15-7-5-4-6-14(15)20-18/h4-10H,3,11H2,1-2H3. The Morgan fingerprint density at radius 3 is 2.62 bits per heavy atom. The van der Waals surface area contributed by atoms with Gasteiger partial charge in [-0.3, -0.25) is 4.79 Å². The van der Waals surface area contributed by atoms with Gasteiger partial charge in [0.2, 0.25) is 0 Å². The van der Waals surface area contributed by atoms with E-state index in [-0.39, 0.29) is 12.5 Å². The average molecular weight is 319 g/mol. The zero-order valence-electron chi connectivity index (χ0n) is 13.6. The molecule has 5 nitrogen and oxygen atoms in total. The van der Waals surface area contributed by atoms with E-state index in [1.165, 1.54) is 0 Å². The Labute approximate surface area is 138 Å². The lowest BCUT2D eigenvalue weighted by Crippen LogP contribution is -2.13. The number of rotatable bonds is 3.